The number of hydrogen-bond donors (Lipinski definition) is 1. The zero-order valence-corrected chi connectivity index (χ0v) is 10.00. The van der Waals surface area contributed by atoms with Crippen molar-refractivity contribution in [3.8, 4) is 5.75 Å². The van der Waals surface area contributed by atoms with E-state index < -0.39 is 5.82 Å². The monoisotopic (exact) mass is 237 g/mol. The quantitative estimate of drug-likeness (QED) is 0.873. The average Bonchev–Trinajstić information content (AvgIpc) is 3.12. The molecule has 1 unspecified atom stereocenters. The van der Waals surface area contributed by atoms with Crippen LogP contribution >= 0.6 is 0 Å². The van der Waals surface area contributed by atoms with Gasteiger partial charge < -0.3 is 10.1 Å². The zero-order chi connectivity index (χ0) is 12.4. The normalized spacial score (nSPS) is 16.4. The number of rotatable bonds is 4. The van der Waals surface area contributed by atoms with Gasteiger partial charge in [0.25, 0.3) is 5.91 Å². The summed E-state index contributed by atoms with van der Waals surface area (Å²) in [6.45, 7) is 1.96. The van der Waals surface area contributed by atoms with Gasteiger partial charge in [-0.2, -0.15) is 0 Å². The van der Waals surface area contributed by atoms with Gasteiger partial charge >= 0.3 is 0 Å². The Morgan fingerprint density at radius 1 is 1.53 bits per heavy atom. The largest absolute Gasteiger partial charge is 0.497 e. The number of methoxy groups -OCH3 is 1. The fourth-order valence-electron chi connectivity index (χ4n) is 1.81. The summed E-state index contributed by atoms with van der Waals surface area (Å²) in [7, 11) is 1.46. The molecule has 4 heteroatoms. The number of halogens is 1. The average molecular weight is 237 g/mol. The molecule has 0 aliphatic heterocycles. The van der Waals surface area contributed by atoms with Crippen molar-refractivity contribution in [2.45, 2.75) is 25.8 Å². The lowest BCUT2D eigenvalue weighted by molar-refractivity contribution is 0.0931. The molecule has 1 aromatic rings. The molecule has 0 radical (unpaired) electrons. The molecule has 17 heavy (non-hydrogen) atoms. The first-order chi connectivity index (χ1) is 8.11. The SMILES string of the molecule is COc1ccc(C(=O)NC(C)C2CC2)c(F)c1. The van der Waals surface area contributed by atoms with E-state index in [0.29, 0.717) is 11.7 Å². The summed E-state index contributed by atoms with van der Waals surface area (Å²) in [5, 5.41) is 2.82. The second-order valence-corrected chi connectivity index (χ2v) is 4.45. The predicted molar refractivity (Wildman–Crippen MR) is 62.6 cm³/mol. The van der Waals surface area contributed by atoms with Crippen LogP contribution in [-0.2, 0) is 0 Å². The summed E-state index contributed by atoms with van der Waals surface area (Å²) in [6.07, 6.45) is 2.29. The minimum absolute atomic E-state index is 0.0679. The summed E-state index contributed by atoms with van der Waals surface area (Å²) in [4.78, 5) is 11.8. The van der Waals surface area contributed by atoms with Crippen molar-refractivity contribution in [3.63, 3.8) is 0 Å². The molecule has 1 fully saturated rings. The Morgan fingerprint density at radius 2 is 2.24 bits per heavy atom. The molecule has 0 saturated heterocycles. The Labute approximate surface area is 100.0 Å². The minimum atomic E-state index is -0.551. The van der Waals surface area contributed by atoms with Crippen molar-refractivity contribution in [2.75, 3.05) is 7.11 Å². The fourth-order valence-corrected chi connectivity index (χ4v) is 1.81. The van der Waals surface area contributed by atoms with E-state index in [1.54, 1.807) is 6.07 Å². The highest BCUT2D eigenvalue weighted by atomic mass is 19.1. The van der Waals surface area contributed by atoms with Crippen molar-refractivity contribution in [3.05, 3.63) is 29.6 Å². The number of amides is 1. The van der Waals surface area contributed by atoms with Gasteiger partial charge in [-0.15, -0.1) is 0 Å². The smallest absolute Gasteiger partial charge is 0.254 e. The van der Waals surface area contributed by atoms with Crippen LogP contribution in [0.15, 0.2) is 18.2 Å². The number of nitrogens with one attached hydrogen (secondary N) is 1. The van der Waals surface area contributed by atoms with Crippen LogP contribution < -0.4 is 10.1 Å². The van der Waals surface area contributed by atoms with Crippen LogP contribution in [0.4, 0.5) is 4.39 Å². The molecular formula is C13H16FNO2. The van der Waals surface area contributed by atoms with Gasteiger partial charge in [-0.3, -0.25) is 4.79 Å². The molecule has 0 heterocycles. The summed E-state index contributed by atoms with van der Waals surface area (Å²) in [6, 6.07) is 4.36. The number of carbonyl (C=O) groups excluding carboxylic acids is 1. The van der Waals surface area contributed by atoms with Crippen LogP contribution in [-0.4, -0.2) is 19.1 Å². The van der Waals surface area contributed by atoms with Crippen LogP contribution in [0.5, 0.6) is 5.75 Å². The van der Waals surface area contributed by atoms with Gasteiger partial charge in [0.05, 0.1) is 12.7 Å². The third-order valence-corrected chi connectivity index (χ3v) is 3.11. The molecule has 1 aromatic carbocycles. The van der Waals surface area contributed by atoms with Gasteiger partial charge in [0.2, 0.25) is 0 Å². The highest BCUT2D eigenvalue weighted by Crippen LogP contribution is 2.32. The van der Waals surface area contributed by atoms with E-state index in [9.17, 15) is 9.18 Å². The Hall–Kier alpha value is -1.58. The third kappa shape index (κ3) is 2.75. The zero-order valence-electron chi connectivity index (χ0n) is 10.00. The molecule has 1 amide bonds. The van der Waals surface area contributed by atoms with E-state index >= 15 is 0 Å². The summed E-state index contributed by atoms with van der Waals surface area (Å²) < 4.78 is 18.5. The number of carbonyl (C=O) groups is 1. The first-order valence-corrected chi connectivity index (χ1v) is 5.76. The van der Waals surface area contributed by atoms with Crippen molar-refractivity contribution >= 4 is 5.91 Å². The van der Waals surface area contributed by atoms with Gasteiger partial charge in [-0.25, -0.2) is 4.39 Å². The molecule has 0 aromatic heterocycles. The molecule has 1 aliphatic rings. The van der Waals surface area contributed by atoms with Gasteiger partial charge in [0, 0.05) is 12.1 Å². The van der Waals surface area contributed by atoms with E-state index in [2.05, 4.69) is 5.32 Å². The van der Waals surface area contributed by atoms with Gasteiger partial charge in [0.1, 0.15) is 11.6 Å². The summed E-state index contributed by atoms with van der Waals surface area (Å²) in [5.74, 6) is 0.0592. The number of ether oxygens (including phenoxy) is 1. The molecule has 1 aliphatic carbocycles. The van der Waals surface area contributed by atoms with E-state index in [1.165, 1.54) is 19.2 Å². The Bertz CT molecular complexity index is 429. The summed E-state index contributed by atoms with van der Waals surface area (Å²) in [5.41, 5.74) is 0.0679. The number of benzene rings is 1. The molecule has 0 spiro atoms. The van der Waals surface area contributed by atoms with Gasteiger partial charge in [0.15, 0.2) is 0 Å². The third-order valence-electron chi connectivity index (χ3n) is 3.11. The highest BCUT2D eigenvalue weighted by Gasteiger charge is 2.29. The first kappa shape index (κ1) is 11.9. The molecule has 3 nitrogen and oxygen atoms in total. The summed E-state index contributed by atoms with van der Waals surface area (Å²) >= 11 is 0. The second kappa shape index (κ2) is 4.73. The van der Waals surface area contributed by atoms with E-state index in [-0.39, 0.29) is 17.5 Å². The standard InChI is InChI=1S/C13H16FNO2/c1-8(9-3-4-9)15-13(16)11-6-5-10(17-2)7-12(11)14/h5-9H,3-4H2,1-2H3,(H,15,16). The maximum atomic E-state index is 13.6. The maximum absolute atomic E-state index is 13.6. The topological polar surface area (TPSA) is 38.3 Å². The Kier molecular flexibility index (Phi) is 3.31. The van der Waals surface area contributed by atoms with Crippen LogP contribution in [0.25, 0.3) is 0 Å². The molecule has 0 bridgehead atoms. The van der Waals surface area contributed by atoms with Gasteiger partial charge in [-0.05, 0) is 37.8 Å². The van der Waals surface area contributed by atoms with Crippen molar-refractivity contribution < 1.29 is 13.9 Å². The first-order valence-electron chi connectivity index (χ1n) is 5.76. The maximum Gasteiger partial charge on any atom is 0.254 e. The molecule has 92 valence electrons. The minimum Gasteiger partial charge on any atom is -0.497 e. The van der Waals surface area contributed by atoms with Crippen LogP contribution in [0.1, 0.15) is 30.1 Å². The Balaban J connectivity index is 2.07. The molecule has 2 rings (SSSR count). The second-order valence-electron chi connectivity index (χ2n) is 4.45. The van der Waals surface area contributed by atoms with Crippen molar-refractivity contribution in [2.24, 2.45) is 5.92 Å². The van der Waals surface area contributed by atoms with E-state index in [1.807, 2.05) is 6.92 Å². The highest BCUT2D eigenvalue weighted by molar-refractivity contribution is 5.94. The molecule has 1 saturated carbocycles. The van der Waals surface area contributed by atoms with Crippen LogP contribution in [0.3, 0.4) is 0 Å². The van der Waals surface area contributed by atoms with Crippen molar-refractivity contribution in [1.29, 1.82) is 0 Å². The Morgan fingerprint density at radius 3 is 2.76 bits per heavy atom. The van der Waals surface area contributed by atoms with Gasteiger partial charge in [-0.1, -0.05) is 0 Å². The van der Waals surface area contributed by atoms with E-state index in [0.717, 1.165) is 12.8 Å². The lowest BCUT2D eigenvalue weighted by Crippen LogP contribution is -2.34. The van der Waals surface area contributed by atoms with Crippen LogP contribution in [0, 0.1) is 11.7 Å². The van der Waals surface area contributed by atoms with Crippen LogP contribution in [0.2, 0.25) is 0 Å². The fraction of sp³-hybridized carbons (Fsp3) is 0.462. The number of hydrogen-bond acceptors (Lipinski definition) is 2. The molecule has 1 N–H and O–H groups in total. The van der Waals surface area contributed by atoms with Crippen molar-refractivity contribution in [1.82, 2.24) is 5.32 Å². The predicted octanol–water partition coefficient (Wildman–Crippen LogP) is 2.36. The van der Waals surface area contributed by atoms with E-state index in [4.69, 9.17) is 4.74 Å². The lowest BCUT2D eigenvalue weighted by atomic mass is 10.1. The lowest BCUT2D eigenvalue weighted by Gasteiger charge is -2.13. The molecule has 1 atom stereocenters. The molecular weight excluding hydrogens is 221 g/mol.